The molecule has 9 heteroatoms. The number of hydrogen-bond acceptors (Lipinski definition) is 7. The maximum atomic E-state index is 13.0. The van der Waals surface area contributed by atoms with Crippen LogP contribution in [0.1, 0.15) is 23.2 Å². The summed E-state index contributed by atoms with van der Waals surface area (Å²) in [5, 5.41) is 6.29. The summed E-state index contributed by atoms with van der Waals surface area (Å²) in [7, 11) is 0. The first kappa shape index (κ1) is 19.0. The van der Waals surface area contributed by atoms with Crippen LogP contribution in [-0.2, 0) is 16.1 Å². The summed E-state index contributed by atoms with van der Waals surface area (Å²) in [5.74, 6) is -0.595. The normalized spacial score (nSPS) is 10.4. The van der Waals surface area contributed by atoms with Gasteiger partial charge >= 0.3 is 12.1 Å². The molecule has 8 nitrogen and oxygen atoms in total. The number of amides is 1. The van der Waals surface area contributed by atoms with E-state index in [9.17, 15) is 14.0 Å². The molecule has 0 atom stereocenters. The molecule has 0 bridgehead atoms. The van der Waals surface area contributed by atoms with Gasteiger partial charge in [0.1, 0.15) is 5.82 Å². The fourth-order valence-electron chi connectivity index (χ4n) is 2.21. The van der Waals surface area contributed by atoms with E-state index in [1.165, 1.54) is 36.4 Å². The van der Waals surface area contributed by atoms with Crippen LogP contribution in [0.15, 0.2) is 53.1 Å². The number of rotatable bonds is 6. The molecule has 0 radical (unpaired) electrons. The minimum absolute atomic E-state index is 0.105. The highest BCUT2D eigenvalue weighted by Gasteiger charge is 2.13. The van der Waals surface area contributed by atoms with Gasteiger partial charge in [-0.3, -0.25) is 5.32 Å². The maximum Gasteiger partial charge on any atom is 0.411 e. The van der Waals surface area contributed by atoms with Gasteiger partial charge in [-0.05, 0) is 55.5 Å². The Morgan fingerprint density at radius 3 is 2.46 bits per heavy atom. The van der Waals surface area contributed by atoms with Crippen LogP contribution in [0.25, 0.3) is 11.4 Å². The van der Waals surface area contributed by atoms with Gasteiger partial charge in [-0.25, -0.2) is 14.0 Å². The molecule has 1 N–H and O–H groups in total. The molecule has 3 rings (SSSR count). The lowest BCUT2D eigenvalue weighted by molar-refractivity contribution is 0.0430. The molecule has 1 aromatic heterocycles. The van der Waals surface area contributed by atoms with Crippen LogP contribution >= 0.6 is 0 Å². The van der Waals surface area contributed by atoms with Crippen molar-refractivity contribution in [2.24, 2.45) is 0 Å². The maximum absolute atomic E-state index is 13.0. The smallest absolute Gasteiger partial charge is 0.411 e. The Kier molecular flexibility index (Phi) is 5.95. The van der Waals surface area contributed by atoms with Crippen molar-refractivity contribution in [3.05, 3.63) is 65.8 Å². The van der Waals surface area contributed by atoms with Crippen LogP contribution in [-0.4, -0.2) is 28.8 Å². The minimum Gasteiger partial charge on any atom is -0.452 e. The summed E-state index contributed by atoms with van der Waals surface area (Å²) in [4.78, 5) is 27.5. The molecule has 0 saturated heterocycles. The van der Waals surface area contributed by atoms with Crippen LogP contribution in [0.3, 0.4) is 0 Å². The number of halogens is 1. The van der Waals surface area contributed by atoms with Gasteiger partial charge in [-0.2, -0.15) is 4.98 Å². The number of nitrogens with zero attached hydrogens (tertiary/aromatic N) is 2. The topological polar surface area (TPSA) is 104 Å². The summed E-state index contributed by atoms with van der Waals surface area (Å²) in [6.45, 7) is 1.75. The van der Waals surface area contributed by atoms with E-state index < -0.39 is 12.1 Å². The van der Waals surface area contributed by atoms with Crippen LogP contribution in [0, 0.1) is 5.82 Å². The Balaban J connectivity index is 1.55. The Morgan fingerprint density at radius 2 is 1.79 bits per heavy atom. The molecule has 1 amide bonds. The molecular formula is C19H16FN3O5. The average molecular weight is 385 g/mol. The highest BCUT2D eigenvalue weighted by molar-refractivity contribution is 5.91. The van der Waals surface area contributed by atoms with Crippen molar-refractivity contribution in [2.45, 2.75) is 13.5 Å². The molecule has 0 saturated carbocycles. The first-order chi connectivity index (χ1) is 13.5. The highest BCUT2D eigenvalue weighted by atomic mass is 19.1. The Morgan fingerprint density at radius 1 is 1.07 bits per heavy atom. The second kappa shape index (κ2) is 8.76. The number of carbonyl (C=O) groups excluding carboxylic acids is 2. The van der Waals surface area contributed by atoms with Crippen molar-refractivity contribution in [1.29, 1.82) is 0 Å². The van der Waals surface area contributed by atoms with Crippen molar-refractivity contribution < 1.29 is 28.0 Å². The molecule has 144 valence electrons. The summed E-state index contributed by atoms with van der Waals surface area (Å²) in [6, 6.07) is 11.7. The van der Waals surface area contributed by atoms with Gasteiger partial charge in [-0.1, -0.05) is 5.16 Å². The fraction of sp³-hybridized carbons (Fsp3) is 0.158. The van der Waals surface area contributed by atoms with Crippen molar-refractivity contribution in [3.8, 4) is 11.4 Å². The first-order valence-corrected chi connectivity index (χ1v) is 8.34. The molecule has 0 fully saturated rings. The SMILES string of the molecule is CCOC(=O)Nc1ccc(C(=O)OCc2nc(-c3ccc(F)cc3)no2)cc1. The third-order valence-electron chi connectivity index (χ3n) is 3.54. The lowest BCUT2D eigenvalue weighted by atomic mass is 10.2. The van der Waals surface area contributed by atoms with Crippen LogP contribution in [0.5, 0.6) is 0 Å². The lowest BCUT2D eigenvalue weighted by Gasteiger charge is -2.06. The molecule has 0 aliphatic carbocycles. The molecule has 0 aliphatic heterocycles. The predicted octanol–water partition coefficient (Wildman–Crippen LogP) is 3.80. The van der Waals surface area contributed by atoms with Gasteiger partial charge in [0.15, 0.2) is 6.61 Å². The number of hydrogen-bond donors (Lipinski definition) is 1. The van der Waals surface area contributed by atoms with E-state index >= 15 is 0 Å². The molecular weight excluding hydrogens is 369 g/mol. The average Bonchev–Trinajstić information content (AvgIpc) is 3.16. The Labute approximate surface area is 159 Å². The summed E-state index contributed by atoms with van der Waals surface area (Å²) >= 11 is 0. The van der Waals surface area contributed by atoms with E-state index in [0.29, 0.717) is 11.3 Å². The molecule has 0 unspecified atom stereocenters. The quantitative estimate of drug-likeness (QED) is 0.644. The van der Waals surface area contributed by atoms with E-state index in [2.05, 4.69) is 15.5 Å². The largest absolute Gasteiger partial charge is 0.452 e. The zero-order chi connectivity index (χ0) is 19.9. The van der Waals surface area contributed by atoms with E-state index in [-0.39, 0.29) is 36.3 Å². The minimum atomic E-state index is -0.593. The van der Waals surface area contributed by atoms with Crippen molar-refractivity contribution >= 4 is 17.7 Å². The standard InChI is InChI=1S/C19H16FN3O5/c1-2-26-19(25)21-15-9-5-13(6-10-15)18(24)27-11-16-22-17(23-28-16)12-3-7-14(20)8-4-12/h3-10H,2,11H2,1H3,(H,21,25). The van der Waals surface area contributed by atoms with Crippen molar-refractivity contribution in [3.63, 3.8) is 0 Å². The van der Waals surface area contributed by atoms with Gasteiger partial charge in [0.05, 0.1) is 12.2 Å². The molecule has 3 aromatic rings. The number of benzene rings is 2. The number of ether oxygens (including phenoxy) is 2. The zero-order valence-electron chi connectivity index (χ0n) is 14.8. The molecule has 1 heterocycles. The Hall–Kier alpha value is -3.75. The molecule has 0 spiro atoms. The van der Waals surface area contributed by atoms with Crippen LogP contribution in [0.2, 0.25) is 0 Å². The van der Waals surface area contributed by atoms with Gasteiger partial charge in [0.25, 0.3) is 5.89 Å². The van der Waals surface area contributed by atoms with E-state index in [1.54, 1.807) is 19.1 Å². The third-order valence-corrected chi connectivity index (χ3v) is 3.54. The summed E-state index contributed by atoms with van der Waals surface area (Å²) < 4.78 is 27.9. The highest BCUT2D eigenvalue weighted by Crippen LogP contribution is 2.17. The van der Waals surface area contributed by atoms with E-state index in [0.717, 1.165) is 0 Å². The monoisotopic (exact) mass is 385 g/mol. The van der Waals surface area contributed by atoms with Crippen LogP contribution in [0.4, 0.5) is 14.9 Å². The fourth-order valence-corrected chi connectivity index (χ4v) is 2.21. The number of aromatic nitrogens is 2. The molecule has 28 heavy (non-hydrogen) atoms. The van der Waals surface area contributed by atoms with E-state index in [1.807, 2.05) is 0 Å². The predicted molar refractivity (Wildman–Crippen MR) is 95.9 cm³/mol. The summed E-state index contributed by atoms with van der Waals surface area (Å²) in [6.07, 6.45) is -0.578. The van der Waals surface area contributed by atoms with E-state index in [4.69, 9.17) is 14.0 Å². The second-order valence-corrected chi connectivity index (χ2v) is 5.52. The van der Waals surface area contributed by atoms with Crippen LogP contribution < -0.4 is 5.32 Å². The second-order valence-electron chi connectivity index (χ2n) is 5.52. The number of anilines is 1. The van der Waals surface area contributed by atoms with Gasteiger partial charge in [0.2, 0.25) is 5.82 Å². The summed E-state index contributed by atoms with van der Waals surface area (Å²) in [5.41, 5.74) is 1.34. The molecule has 2 aromatic carbocycles. The Bertz CT molecular complexity index is 954. The first-order valence-electron chi connectivity index (χ1n) is 8.34. The number of carbonyl (C=O) groups is 2. The zero-order valence-corrected chi connectivity index (χ0v) is 14.8. The van der Waals surface area contributed by atoms with Gasteiger partial charge < -0.3 is 14.0 Å². The number of nitrogens with one attached hydrogen (secondary N) is 1. The van der Waals surface area contributed by atoms with Gasteiger partial charge in [-0.15, -0.1) is 0 Å². The van der Waals surface area contributed by atoms with Gasteiger partial charge in [0, 0.05) is 11.3 Å². The van der Waals surface area contributed by atoms with Crippen molar-refractivity contribution in [2.75, 3.05) is 11.9 Å². The van der Waals surface area contributed by atoms with Crippen molar-refractivity contribution in [1.82, 2.24) is 10.1 Å². The molecule has 0 aliphatic rings. The number of esters is 1. The third kappa shape index (κ3) is 4.91. The lowest BCUT2D eigenvalue weighted by Crippen LogP contribution is -2.13.